The zero-order valence-electron chi connectivity index (χ0n) is 8.07. The number of halogens is 7. The van der Waals surface area contributed by atoms with Crippen LogP contribution < -0.4 is 0 Å². The Morgan fingerprint density at radius 1 is 1.06 bits per heavy atom. The third-order valence-electron chi connectivity index (χ3n) is 2.73. The summed E-state index contributed by atoms with van der Waals surface area (Å²) in [6.45, 7) is 0. The van der Waals surface area contributed by atoms with Crippen molar-refractivity contribution in [3.8, 4) is 0 Å². The molecular weight excluding hydrogens is 322 g/mol. The molecule has 2 nitrogen and oxygen atoms in total. The first-order valence-electron chi connectivity index (χ1n) is 4.46. The SMILES string of the molecule is O=C1C(Br)CCC1C(O)(C(F)(F)F)C(F)(F)F. The Labute approximate surface area is 100 Å². The van der Waals surface area contributed by atoms with E-state index in [1.54, 1.807) is 0 Å². The molecule has 0 aromatic carbocycles. The molecule has 0 saturated heterocycles. The average molecular weight is 329 g/mol. The first-order valence-corrected chi connectivity index (χ1v) is 5.38. The fraction of sp³-hybridized carbons (Fsp3) is 0.875. The number of carbonyl (C=O) groups is 1. The molecule has 0 spiro atoms. The molecule has 100 valence electrons. The lowest BCUT2D eigenvalue weighted by Crippen LogP contribution is -2.62. The molecule has 0 bridgehead atoms. The minimum Gasteiger partial charge on any atom is -0.373 e. The number of ketones is 1. The quantitative estimate of drug-likeness (QED) is 0.593. The Kier molecular flexibility index (Phi) is 3.57. The van der Waals surface area contributed by atoms with Crippen molar-refractivity contribution < 1.29 is 36.2 Å². The number of carbonyl (C=O) groups excluding carboxylic acids is 1. The van der Waals surface area contributed by atoms with Crippen molar-refractivity contribution >= 4 is 21.7 Å². The third kappa shape index (κ3) is 2.18. The van der Waals surface area contributed by atoms with Gasteiger partial charge in [-0.2, -0.15) is 26.3 Å². The van der Waals surface area contributed by atoms with Gasteiger partial charge in [0.1, 0.15) is 0 Å². The Hall–Kier alpha value is -0.310. The van der Waals surface area contributed by atoms with Gasteiger partial charge >= 0.3 is 12.4 Å². The van der Waals surface area contributed by atoms with E-state index in [1.165, 1.54) is 0 Å². The molecule has 0 radical (unpaired) electrons. The van der Waals surface area contributed by atoms with Crippen LogP contribution in [0.4, 0.5) is 26.3 Å². The summed E-state index contributed by atoms with van der Waals surface area (Å²) in [6, 6.07) is 0. The smallest absolute Gasteiger partial charge is 0.373 e. The Morgan fingerprint density at radius 3 is 1.71 bits per heavy atom. The summed E-state index contributed by atoms with van der Waals surface area (Å²) in [4.78, 5) is 10.2. The molecule has 1 fully saturated rings. The van der Waals surface area contributed by atoms with E-state index in [1.807, 2.05) is 0 Å². The van der Waals surface area contributed by atoms with E-state index in [-0.39, 0.29) is 6.42 Å². The predicted molar refractivity (Wildman–Crippen MR) is 47.5 cm³/mol. The van der Waals surface area contributed by atoms with E-state index in [2.05, 4.69) is 15.9 Å². The van der Waals surface area contributed by atoms with Gasteiger partial charge in [0.15, 0.2) is 5.78 Å². The van der Waals surface area contributed by atoms with Crippen LogP contribution in [-0.2, 0) is 4.79 Å². The molecule has 1 N–H and O–H groups in total. The van der Waals surface area contributed by atoms with Crippen LogP contribution in [-0.4, -0.2) is 33.7 Å². The second-order valence-corrected chi connectivity index (χ2v) is 4.87. The van der Waals surface area contributed by atoms with E-state index in [0.717, 1.165) is 0 Å². The van der Waals surface area contributed by atoms with Gasteiger partial charge in [-0.05, 0) is 12.8 Å². The van der Waals surface area contributed by atoms with Crippen molar-refractivity contribution in [3.05, 3.63) is 0 Å². The number of hydrogen-bond acceptors (Lipinski definition) is 2. The van der Waals surface area contributed by atoms with E-state index < -0.39 is 40.9 Å². The van der Waals surface area contributed by atoms with Crippen molar-refractivity contribution in [2.45, 2.75) is 35.6 Å². The van der Waals surface area contributed by atoms with Crippen LogP contribution in [0.15, 0.2) is 0 Å². The zero-order chi connectivity index (χ0) is 13.6. The second kappa shape index (κ2) is 4.11. The first-order chi connectivity index (χ1) is 7.43. The number of aliphatic hydroxyl groups is 1. The van der Waals surface area contributed by atoms with Gasteiger partial charge in [-0.15, -0.1) is 0 Å². The van der Waals surface area contributed by atoms with Crippen molar-refractivity contribution in [1.29, 1.82) is 0 Å². The van der Waals surface area contributed by atoms with E-state index in [0.29, 0.717) is 0 Å². The standard InChI is InChI=1S/C8H7BrF6O2/c9-4-2-1-3(5(4)16)6(17,7(10,11)12)8(13,14)15/h3-4,17H,1-2H2. The lowest BCUT2D eigenvalue weighted by atomic mass is 9.84. The van der Waals surface area contributed by atoms with Crippen LogP contribution in [0.5, 0.6) is 0 Å². The number of Topliss-reactive ketones (excluding diaryl/α,β-unsaturated/α-hetero) is 1. The number of hydrogen-bond donors (Lipinski definition) is 1. The molecule has 2 atom stereocenters. The summed E-state index contributed by atoms with van der Waals surface area (Å²) in [7, 11) is 0. The maximum absolute atomic E-state index is 12.4. The molecule has 0 amide bonds. The summed E-state index contributed by atoms with van der Waals surface area (Å²) in [5.74, 6) is -3.78. The molecule has 1 aliphatic carbocycles. The predicted octanol–water partition coefficient (Wildman–Crippen LogP) is 2.58. The summed E-state index contributed by atoms with van der Waals surface area (Å²) in [5.41, 5.74) is -4.97. The second-order valence-electron chi connectivity index (χ2n) is 3.76. The molecule has 17 heavy (non-hydrogen) atoms. The van der Waals surface area contributed by atoms with Gasteiger partial charge in [0, 0.05) is 0 Å². The molecule has 1 aliphatic rings. The highest BCUT2D eigenvalue weighted by Crippen LogP contribution is 2.51. The van der Waals surface area contributed by atoms with E-state index in [9.17, 15) is 31.1 Å². The highest BCUT2D eigenvalue weighted by molar-refractivity contribution is 9.10. The topological polar surface area (TPSA) is 37.3 Å². The van der Waals surface area contributed by atoms with Crippen LogP contribution in [0.25, 0.3) is 0 Å². The maximum atomic E-state index is 12.4. The van der Waals surface area contributed by atoms with Gasteiger partial charge in [-0.3, -0.25) is 4.79 Å². The van der Waals surface area contributed by atoms with Gasteiger partial charge in [-0.25, -0.2) is 0 Å². The lowest BCUT2D eigenvalue weighted by Gasteiger charge is -2.36. The molecule has 0 heterocycles. The Morgan fingerprint density at radius 2 is 1.47 bits per heavy atom. The highest BCUT2D eigenvalue weighted by Gasteiger charge is 2.75. The van der Waals surface area contributed by atoms with E-state index >= 15 is 0 Å². The maximum Gasteiger partial charge on any atom is 0.427 e. The Bertz CT molecular complexity index is 309. The van der Waals surface area contributed by atoms with Crippen LogP contribution in [0.1, 0.15) is 12.8 Å². The van der Waals surface area contributed by atoms with Gasteiger partial charge in [0.25, 0.3) is 5.60 Å². The molecule has 2 unspecified atom stereocenters. The van der Waals surface area contributed by atoms with Crippen molar-refractivity contribution in [1.82, 2.24) is 0 Å². The van der Waals surface area contributed by atoms with Crippen LogP contribution in [0.2, 0.25) is 0 Å². The lowest BCUT2D eigenvalue weighted by molar-refractivity contribution is -0.380. The number of alkyl halides is 7. The molecule has 0 aromatic heterocycles. The van der Waals surface area contributed by atoms with Crippen LogP contribution in [0, 0.1) is 5.92 Å². The van der Waals surface area contributed by atoms with Gasteiger partial charge in [-0.1, -0.05) is 15.9 Å². The molecule has 0 aliphatic heterocycles. The minimum atomic E-state index is -5.94. The molecule has 9 heteroatoms. The van der Waals surface area contributed by atoms with Crippen LogP contribution >= 0.6 is 15.9 Å². The monoisotopic (exact) mass is 328 g/mol. The van der Waals surface area contributed by atoms with Gasteiger partial charge in [0.05, 0.1) is 10.7 Å². The van der Waals surface area contributed by atoms with Crippen molar-refractivity contribution in [2.75, 3.05) is 0 Å². The van der Waals surface area contributed by atoms with Crippen molar-refractivity contribution in [3.63, 3.8) is 0 Å². The van der Waals surface area contributed by atoms with Gasteiger partial charge < -0.3 is 5.11 Å². The fourth-order valence-electron chi connectivity index (χ4n) is 1.79. The zero-order valence-corrected chi connectivity index (χ0v) is 9.66. The summed E-state index contributed by atoms with van der Waals surface area (Å²) >= 11 is 2.67. The van der Waals surface area contributed by atoms with Gasteiger partial charge in [0.2, 0.25) is 0 Å². The summed E-state index contributed by atoms with van der Waals surface area (Å²) in [5, 5.41) is 8.98. The first kappa shape index (κ1) is 14.7. The van der Waals surface area contributed by atoms with Crippen LogP contribution in [0.3, 0.4) is 0 Å². The number of rotatable bonds is 1. The molecule has 1 rings (SSSR count). The summed E-state index contributed by atoms with van der Waals surface area (Å²) < 4.78 is 74.5. The fourth-order valence-corrected chi connectivity index (χ4v) is 2.37. The third-order valence-corrected chi connectivity index (χ3v) is 3.64. The minimum absolute atomic E-state index is 0.169. The molecule has 1 saturated carbocycles. The normalized spacial score (nSPS) is 27.6. The Balaban J connectivity index is 3.23. The highest BCUT2D eigenvalue weighted by atomic mass is 79.9. The largest absolute Gasteiger partial charge is 0.427 e. The van der Waals surface area contributed by atoms with E-state index in [4.69, 9.17) is 5.11 Å². The average Bonchev–Trinajstić information content (AvgIpc) is 2.43. The molecule has 0 aromatic rings. The van der Waals surface area contributed by atoms with Crippen molar-refractivity contribution in [2.24, 2.45) is 5.92 Å². The molecular formula is C8H7BrF6O2. The summed E-state index contributed by atoms with van der Waals surface area (Å²) in [6.07, 6.45) is -12.7.